The van der Waals surface area contributed by atoms with Crippen LogP contribution in [0, 0.1) is 0 Å². The first-order valence-electron chi connectivity index (χ1n) is 9.30. The minimum atomic E-state index is -0.280. The van der Waals surface area contributed by atoms with Crippen LogP contribution >= 0.6 is 0 Å². The molecule has 0 saturated carbocycles. The zero-order chi connectivity index (χ0) is 18.4. The third-order valence-corrected chi connectivity index (χ3v) is 4.62. The van der Waals surface area contributed by atoms with Crippen LogP contribution in [0.5, 0.6) is 5.75 Å². The smallest absolute Gasteiger partial charge is 0.319 e. The van der Waals surface area contributed by atoms with E-state index >= 15 is 0 Å². The van der Waals surface area contributed by atoms with E-state index in [1.165, 1.54) is 0 Å². The molecule has 2 aliphatic heterocycles. The zero-order valence-electron chi connectivity index (χ0n) is 15.2. The van der Waals surface area contributed by atoms with Crippen molar-refractivity contribution in [2.45, 2.75) is 44.8 Å². The molecule has 1 aromatic carbocycles. The van der Waals surface area contributed by atoms with Gasteiger partial charge in [-0.3, -0.25) is 4.79 Å². The average Bonchev–Trinajstić information content (AvgIpc) is 3.26. The Morgan fingerprint density at radius 2 is 2.15 bits per heavy atom. The van der Waals surface area contributed by atoms with Crippen LogP contribution in [0.2, 0.25) is 0 Å². The number of anilines is 1. The van der Waals surface area contributed by atoms with Gasteiger partial charge in [-0.2, -0.15) is 0 Å². The van der Waals surface area contributed by atoms with E-state index < -0.39 is 0 Å². The fourth-order valence-electron chi connectivity index (χ4n) is 3.26. The van der Waals surface area contributed by atoms with Gasteiger partial charge >= 0.3 is 6.03 Å². The quantitative estimate of drug-likeness (QED) is 0.781. The van der Waals surface area contributed by atoms with Gasteiger partial charge in [0.2, 0.25) is 5.91 Å². The standard InChI is InChI=1S/C19H27N3O4/c1-14(12-22-10-2-5-18(22)23)20-19(24)21-15-6-8-16(9-7-15)26-13-17-4-3-11-25-17/h6-9,14,17H,2-5,10-13H2,1H3,(H2,20,21,24)/t14-,17+/m1/s1. The molecule has 142 valence electrons. The Kier molecular flexibility index (Phi) is 6.33. The van der Waals surface area contributed by atoms with Gasteiger partial charge in [-0.05, 0) is 50.5 Å². The van der Waals surface area contributed by atoms with E-state index in [-0.39, 0.29) is 24.1 Å². The molecular weight excluding hydrogens is 334 g/mol. The molecule has 0 aliphatic carbocycles. The number of nitrogens with one attached hydrogen (secondary N) is 2. The van der Waals surface area contributed by atoms with Crippen molar-refractivity contribution < 1.29 is 19.1 Å². The summed E-state index contributed by atoms with van der Waals surface area (Å²) in [6.07, 6.45) is 3.83. The number of benzene rings is 1. The van der Waals surface area contributed by atoms with Crippen LogP contribution in [-0.4, -0.2) is 55.3 Å². The monoisotopic (exact) mass is 361 g/mol. The summed E-state index contributed by atoms with van der Waals surface area (Å²) in [7, 11) is 0. The van der Waals surface area contributed by atoms with Crippen LogP contribution < -0.4 is 15.4 Å². The number of amides is 3. The number of carbonyl (C=O) groups excluding carboxylic acids is 2. The Labute approximate surface area is 154 Å². The molecule has 2 aliphatic rings. The van der Waals surface area contributed by atoms with E-state index in [1.807, 2.05) is 19.1 Å². The van der Waals surface area contributed by atoms with E-state index in [4.69, 9.17) is 9.47 Å². The highest BCUT2D eigenvalue weighted by atomic mass is 16.5. The third kappa shape index (κ3) is 5.36. The summed E-state index contributed by atoms with van der Waals surface area (Å²) < 4.78 is 11.2. The number of carbonyl (C=O) groups is 2. The lowest BCUT2D eigenvalue weighted by atomic mass is 10.2. The molecule has 0 unspecified atom stereocenters. The predicted octanol–water partition coefficient (Wildman–Crippen LogP) is 2.38. The van der Waals surface area contributed by atoms with Gasteiger partial charge in [0.15, 0.2) is 0 Å². The maximum Gasteiger partial charge on any atom is 0.319 e. The molecule has 1 aromatic rings. The maximum absolute atomic E-state index is 12.1. The number of hydrogen-bond acceptors (Lipinski definition) is 4. The van der Waals surface area contributed by atoms with Gasteiger partial charge in [0.05, 0.1) is 6.10 Å². The molecule has 0 aromatic heterocycles. The van der Waals surface area contributed by atoms with Crippen molar-refractivity contribution in [3.05, 3.63) is 24.3 Å². The highest BCUT2D eigenvalue weighted by molar-refractivity contribution is 5.89. The maximum atomic E-state index is 12.1. The fraction of sp³-hybridized carbons (Fsp3) is 0.579. The second kappa shape index (κ2) is 8.89. The first-order chi connectivity index (χ1) is 12.6. The van der Waals surface area contributed by atoms with Gasteiger partial charge in [-0.1, -0.05) is 0 Å². The predicted molar refractivity (Wildman–Crippen MR) is 98.3 cm³/mol. The SMILES string of the molecule is C[C@H](CN1CCCC1=O)NC(=O)Nc1ccc(OC[C@@H]2CCCO2)cc1. The fourth-order valence-corrected chi connectivity index (χ4v) is 3.26. The molecule has 2 fully saturated rings. The van der Waals surface area contributed by atoms with Crippen molar-refractivity contribution in [3.8, 4) is 5.75 Å². The molecule has 2 atom stereocenters. The van der Waals surface area contributed by atoms with Crippen LogP contribution in [0.15, 0.2) is 24.3 Å². The van der Waals surface area contributed by atoms with Crippen LogP contribution in [0.25, 0.3) is 0 Å². The lowest BCUT2D eigenvalue weighted by molar-refractivity contribution is -0.127. The number of hydrogen-bond donors (Lipinski definition) is 2. The van der Waals surface area contributed by atoms with E-state index in [0.29, 0.717) is 25.3 Å². The minimum absolute atomic E-state index is 0.105. The van der Waals surface area contributed by atoms with Crippen LogP contribution in [-0.2, 0) is 9.53 Å². The molecule has 0 bridgehead atoms. The zero-order valence-corrected chi connectivity index (χ0v) is 15.2. The molecule has 7 heteroatoms. The second-order valence-electron chi connectivity index (χ2n) is 6.91. The lowest BCUT2D eigenvalue weighted by Crippen LogP contribution is -2.44. The topological polar surface area (TPSA) is 79.9 Å². The summed E-state index contributed by atoms with van der Waals surface area (Å²) in [4.78, 5) is 25.5. The van der Waals surface area contributed by atoms with Crippen LogP contribution in [0.1, 0.15) is 32.6 Å². The largest absolute Gasteiger partial charge is 0.491 e. The lowest BCUT2D eigenvalue weighted by Gasteiger charge is -2.21. The van der Waals surface area contributed by atoms with Crippen molar-refractivity contribution in [1.29, 1.82) is 0 Å². The summed E-state index contributed by atoms with van der Waals surface area (Å²) in [5.41, 5.74) is 0.691. The Morgan fingerprint density at radius 3 is 2.81 bits per heavy atom. The first-order valence-corrected chi connectivity index (χ1v) is 9.30. The molecule has 3 rings (SSSR count). The normalized spacial score (nSPS) is 20.9. The molecule has 2 N–H and O–H groups in total. The van der Waals surface area contributed by atoms with Gasteiger partial charge in [0.1, 0.15) is 12.4 Å². The average molecular weight is 361 g/mol. The molecule has 3 amide bonds. The Hall–Kier alpha value is -2.28. The highest BCUT2D eigenvalue weighted by Crippen LogP contribution is 2.18. The highest BCUT2D eigenvalue weighted by Gasteiger charge is 2.22. The minimum Gasteiger partial charge on any atom is -0.491 e. The number of urea groups is 1. The Bertz CT molecular complexity index is 614. The van der Waals surface area contributed by atoms with Gasteiger partial charge in [-0.15, -0.1) is 0 Å². The molecule has 26 heavy (non-hydrogen) atoms. The van der Waals surface area contributed by atoms with E-state index in [9.17, 15) is 9.59 Å². The van der Waals surface area contributed by atoms with Crippen molar-refractivity contribution >= 4 is 17.6 Å². The summed E-state index contributed by atoms with van der Waals surface area (Å²) in [6.45, 7) is 4.59. The van der Waals surface area contributed by atoms with E-state index in [2.05, 4.69) is 10.6 Å². The molecule has 2 heterocycles. The summed E-state index contributed by atoms with van der Waals surface area (Å²) in [5, 5.41) is 5.66. The van der Waals surface area contributed by atoms with E-state index in [0.717, 1.165) is 38.2 Å². The second-order valence-corrected chi connectivity index (χ2v) is 6.91. The van der Waals surface area contributed by atoms with Crippen LogP contribution in [0.4, 0.5) is 10.5 Å². The van der Waals surface area contributed by atoms with Crippen LogP contribution in [0.3, 0.4) is 0 Å². The van der Waals surface area contributed by atoms with Crippen molar-refractivity contribution in [3.63, 3.8) is 0 Å². The van der Waals surface area contributed by atoms with Crippen molar-refractivity contribution in [2.75, 3.05) is 31.6 Å². The number of rotatable bonds is 7. The number of nitrogens with zero attached hydrogens (tertiary/aromatic N) is 1. The summed E-state index contributed by atoms with van der Waals surface area (Å²) in [5.74, 6) is 0.921. The third-order valence-electron chi connectivity index (χ3n) is 4.62. The summed E-state index contributed by atoms with van der Waals surface area (Å²) in [6, 6.07) is 6.88. The van der Waals surface area contributed by atoms with Gasteiger partial charge in [0.25, 0.3) is 0 Å². The van der Waals surface area contributed by atoms with E-state index in [1.54, 1.807) is 17.0 Å². The van der Waals surface area contributed by atoms with Crippen molar-refractivity contribution in [1.82, 2.24) is 10.2 Å². The van der Waals surface area contributed by atoms with Crippen molar-refractivity contribution in [2.24, 2.45) is 0 Å². The van der Waals surface area contributed by atoms with Gasteiger partial charge in [0, 0.05) is 37.8 Å². The molecule has 0 spiro atoms. The molecule has 2 saturated heterocycles. The Morgan fingerprint density at radius 1 is 1.35 bits per heavy atom. The van der Waals surface area contributed by atoms with Gasteiger partial charge < -0.3 is 25.0 Å². The molecule has 0 radical (unpaired) electrons. The van der Waals surface area contributed by atoms with Gasteiger partial charge in [-0.25, -0.2) is 4.79 Å². The molecular formula is C19H27N3O4. The number of likely N-dealkylation sites (tertiary alicyclic amines) is 1. The number of ether oxygens (including phenoxy) is 2. The first kappa shape index (κ1) is 18.5. The Balaban J connectivity index is 1.39. The summed E-state index contributed by atoms with van der Waals surface area (Å²) >= 11 is 0. The molecule has 7 nitrogen and oxygen atoms in total.